The number of aryl methyl sites for hydroxylation is 1. The van der Waals surface area contributed by atoms with E-state index in [4.69, 9.17) is 42.7 Å². The van der Waals surface area contributed by atoms with Crippen molar-refractivity contribution in [1.82, 2.24) is 14.2 Å². The number of rotatable bonds is 17. The van der Waals surface area contributed by atoms with Crippen LogP contribution in [-0.4, -0.2) is 84.0 Å². The Kier molecular flexibility index (Phi) is 15.5. The normalized spacial score (nSPS) is 17.7. The second kappa shape index (κ2) is 20.0. The highest BCUT2D eigenvalue weighted by Crippen LogP contribution is 2.50. The SMILES string of the molecule is COc1cc(OC)cc(C(OC(=O)OC(=O)OC[C@H]2O[C@@H](n3cc(C)c(=O)[nH]c3=O)C[C@@H]2OP(OCCC#N)N(C(C)C)C(C)C)C(=O)c2ccccc2)c1. The van der Waals surface area contributed by atoms with Crippen molar-refractivity contribution in [3.8, 4) is 17.6 Å². The maximum atomic E-state index is 13.6. The highest BCUT2D eigenvalue weighted by molar-refractivity contribution is 7.44. The Morgan fingerprint density at radius 2 is 1.67 bits per heavy atom. The van der Waals surface area contributed by atoms with Crippen LogP contribution in [0.25, 0.3) is 0 Å². The van der Waals surface area contributed by atoms with Gasteiger partial charge in [-0.05, 0) is 46.8 Å². The molecule has 1 aliphatic rings. The van der Waals surface area contributed by atoms with Gasteiger partial charge in [-0.15, -0.1) is 0 Å². The quantitative estimate of drug-likeness (QED) is 0.0571. The molecule has 296 valence electrons. The lowest BCUT2D eigenvalue weighted by atomic mass is 9.99. The van der Waals surface area contributed by atoms with Crippen LogP contribution in [0.15, 0.2) is 64.3 Å². The summed E-state index contributed by atoms with van der Waals surface area (Å²) < 4.78 is 48.0. The Bertz CT molecular complexity index is 1920. The molecule has 0 amide bonds. The molecule has 1 saturated heterocycles. The molecule has 2 aromatic carbocycles. The molecule has 2 unspecified atom stereocenters. The van der Waals surface area contributed by atoms with Crippen molar-refractivity contribution in [3.63, 3.8) is 0 Å². The minimum atomic E-state index is -1.80. The molecule has 4 rings (SSSR count). The zero-order chi connectivity index (χ0) is 40.2. The number of H-pyrrole nitrogens is 1. The molecule has 1 aliphatic heterocycles. The summed E-state index contributed by atoms with van der Waals surface area (Å²) in [5.74, 6) is 0.00258. The number of Topliss-reactive ketones (excluding diaryl/α,β-unsaturated/α-hetero) is 1. The molecule has 0 bridgehead atoms. The number of nitrogens with one attached hydrogen (secondary N) is 1. The van der Waals surface area contributed by atoms with E-state index in [1.807, 2.05) is 38.4 Å². The van der Waals surface area contributed by atoms with Gasteiger partial charge in [-0.2, -0.15) is 5.26 Å². The summed E-state index contributed by atoms with van der Waals surface area (Å²) in [6.45, 7) is 8.93. The summed E-state index contributed by atoms with van der Waals surface area (Å²) in [7, 11) is 1.02. The molecule has 17 nitrogen and oxygen atoms in total. The third-order valence-electron chi connectivity index (χ3n) is 8.24. The van der Waals surface area contributed by atoms with Gasteiger partial charge in [0.25, 0.3) is 14.1 Å². The zero-order valence-corrected chi connectivity index (χ0v) is 32.5. The van der Waals surface area contributed by atoms with Crippen LogP contribution < -0.4 is 20.7 Å². The summed E-state index contributed by atoms with van der Waals surface area (Å²) in [5, 5.41) is 9.13. The third kappa shape index (κ3) is 11.5. The van der Waals surface area contributed by atoms with E-state index in [1.54, 1.807) is 24.3 Å². The fourth-order valence-corrected chi connectivity index (χ4v) is 7.48. The van der Waals surface area contributed by atoms with Crippen LogP contribution >= 0.6 is 8.53 Å². The predicted octanol–water partition coefficient (Wildman–Crippen LogP) is 5.72. The van der Waals surface area contributed by atoms with Crippen LogP contribution in [0.3, 0.4) is 0 Å². The Labute approximate surface area is 318 Å². The van der Waals surface area contributed by atoms with Crippen LogP contribution in [0.1, 0.15) is 74.4 Å². The molecule has 0 radical (unpaired) electrons. The van der Waals surface area contributed by atoms with E-state index in [1.165, 1.54) is 56.2 Å². The molecule has 0 spiro atoms. The summed E-state index contributed by atoms with van der Waals surface area (Å²) in [4.78, 5) is 66.6. The van der Waals surface area contributed by atoms with Crippen molar-refractivity contribution < 1.29 is 51.9 Å². The molecule has 5 atom stereocenters. The first-order valence-corrected chi connectivity index (χ1v) is 18.5. The molecule has 55 heavy (non-hydrogen) atoms. The van der Waals surface area contributed by atoms with E-state index >= 15 is 0 Å². The highest BCUT2D eigenvalue weighted by Gasteiger charge is 2.42. The van der Waals surface area contributed by atoms with E-state index in [-0.39, 0.29) is 48.2 Å². The van der Waals surface area contributed by atoms with Crippen molar-refractivity contribution in [2.75, 3.05) is 27.4 Å². The average Bonchev–Trinajstić information content (AvgIpc) is 3.55. The number of nitriles is 1. The van der Waals surface area contributed by atoms with E-state index < -0.39 is 69.0 Å². The largest absolute Gasteiger partial charge is 0.519 e. The number of nitrogens with zero attached hydrogens (tertiary/aromatic N) is 3. The van der Waals surface area contributed by atoms with Crippen molar-refractivity contribution in [3.05, 3.63) is 92.3 Å². The second-order valence-corrected chi connectivity index (χ2v) is 14.2. The van der Waals surface area contributed by atoms with Gasteiger partial charge in [0.1, 0.15) is 30.4 Å². The first-order chi connectivity index (χ1) is 26.3. The van der Waals surface area contributed by atoms with Crippen LogP contribution in [-0.2, 0) is 28.0 Å². The monoisotopic (exact) mass is 784 g/mol. The molecular weight excluding hydrogens is 739 g/mol. The lowest BCUT2D eigenvalue weighted by molar-refractivity contribution is -0.0566. The average molecular weight is 785 g/mol. The van der Waals surface area contributed by atoms with Crippen LogP contribution in [0.4, 0.5) is 9.59 Å². The number of hydrogen-bond donors (Lipinski definition) is 1. The molecule has 0 saturated carbocycles. The molecule has 1 fully saturated rings. The second-order valence-electron chi connectivity index (χ2n) is 12.8. The van der Waals surface area contributed by atoms with Crippen molar-refractivity contribution in [2.24, 2.45) is 0 Å². The van der Waals surface area contributed by atoms with Crippen LogP contribution in [0, 0.1) is 18.3 Å². The summed E-state index contributed by atoms with van der Waals surface area (Å²) in [6.07, 6.45) is -5.91. The Balaban J connectivity index is 1.54. The highest BCUT2D eigenvalue weighted by atomic mass is 31.2. The fraction of sp³-hybridized carbons (Fsp3) is 0.459. The Hall–Kier alpha value is -5.11. The molecule has 3 aromatic rings. The van der Waals surface area contributed by atoms with Gasteiger partial charge in [-0.3, -0.25) is 19.1 Å². The van der Waals surface area contributed by atoms with Crippen molar-refractivity contribution in [2.45, 2.75) is 84.1 Å². The minimum Gasteiger partial charge on any atom is -0.497 e. The number of carbonyl (C=O) groups is 3. The maximum absolute atomic E-state index is 13.6. The maximum Gasteiger partial charge on any atom is 0.519 e. The first kappa shape index (κ1) is 42.6. The van der Waals surface area contributed by atoms with Gasteiger partial charge in [-0.25, -0.2) is 19.1 Å². The topological polar surface area (TPSA) is 207 Å². The molecule has 1 aromatic heterocycles. The van der Waals surface area contributed by atoms with E-state index in [0.717, 1.165) is 0 Å². The van der Waals surface area contributed by atoms with Crippen molar-refractivity contribution >= 4 is 26.6 Å². The zero-order valence-electron chi connectivity index (χ0n) is 31.6. The summed E-state index contributed by atoms with van der Waals surface area (Å²) in [5.41, 5.74) is -0.635. The third-order valence-corrected chi connectivity index (χ3v) is 10.4. The number of methoxy groups -OCH3 is 2. The number of ketones is 1. The van der Waals surface area contributed by atoms with Gasteiger partial charge in [0.05, 0.1) is 39.4 Å². The van der Waals surface area contributed by atoms with Crippen LogP contribution in [0.2, 0.25) is 0 Å². The number of hydrogen-bond acceptors (Lipinski definition) is 15. The lowest BCUT2D eigenvalue weighted by Gasteiger charge is -2.37. The van der Waals surface area contributed by atoms with E-state index in [9.17, 15) is 24.0 Å². The number of carbonyl (C=O) groups excluding carboxylic acids is 3. The van der Waals surface area contributed by atoms with E-state index in [0.29, 0.717) is 11.5 Å². The van der Waals surface area contributed by atoms with Gasteiger partial charge in [0.2, 0.25) is 5.78 Å². The van der Waals surface area contributed by atoms with Gasteiger partial charge in [0.15, 0.2) is 6.10 Å². The molecular formula is C37H45N4O13P. The standard InChI is InChI=1S/C37H45N4O13P/c1-22(2)41(23(3)4)55(50-15-11-14-38)54-29-19-31(40-20-24(5)34(43)39-35(40)44)51-30(29)21-49-36(45)53-37(46)52-33(32(42)25-12-9-8-10-13-25)26-16-27(47-6)18-28(17-26)48-7/h8-10,12-13,16-18,20,22-23,29-31,33H,11,15,19,21H2,1-7H3,(H,39,43,44)/t29-,30+,31+,33?,55?/m0/s1. The van der Waals surface area contributed by atoms with Gasteiger partial charge >= 0.3 is 18.0 Å². The molecule has 2 heterocycles. The summed E-state index contributed by atoms with van der Waals surface area (Å²) >= 11 is 0. The van der Waals surface area contributed by atoms with Gasteiger partial charge in [0, 0.05) is 47.5 Å². The Morgan fingerprint density at radius 3 is 2.27 bits per heavy atom. The number of ether oxygens (including phenoxy) is 6. The lowest BCUT2D eigenvalue weighted by Crippen LogP contribution is -2.37. The number of benzene rings is 2. The number of aromatic nitrogens is 2. The minimum absolute atomic E-state index is 0.0397. The number of aromatic amines is 1. The molecule has 18 heteroatoms. The van der Waals surface area contributed by atoms with Gasteiger partial charge < -0.3 is 37.5 Å². The molecule has 1 N–H and O–H groups in total. The van der Waals surface area contributed by atoms with Crippen LogP contribution in [0.5, 0.6) is 11.5 Å². The smallest absolute Gasteiger partial charge is 0.497 e. The summed E-state index contributed by atoms with van der Waals surface area (Å²) in [6, 6.07) is 14.5. The van der Waals surface area contributed by atoms with E-state index in [2.05, 4.69) is 4.98 Å². The fourth-order valence-electron chi connectivity index (χ4n) is 5.72. The first-order valence-electron chi connectivity index (χ1n) is 17.4. The van der Waals surface area contributed by atoms with Gasteiger partial charge in [-0.1, -0.05) is 30.3 Å². The Morgan fingerprint density at radius 1 is 1.02 bits per heavy atom. The molecule has 0 aliphatic carbocycles. The van der Waals surface area contributed by atoms with Crippen molar-refractivity contribution in [1.29, 1.82) is 5.26 Å². The predicted molar refractivity (Wildman–Crippen MR) is 197 cm³/mol.